The van der Waals surface area contributed by atoms with E-state index >= 15 is 0 Å². The van der Waals surface area contributed by atoms with Crippen LogP contribution in [-0.4, -0.2) is 65.8 Å². The average Bonchev–Trinajstić information content (AvgIpc) is 3.44. The zero-order valence-corrected chi connectivity index (χ0v) is 17.0. The summed E-state index contributed by atoms with van der Waals surface area (Å²) >= 11 is 0. The summed E-state index contributed by atoms with van der Waals surface area (Å²) in [5.74, 6) is 2.07. The topological polar surface area (TPSA) is 61.5 Å². The maximum atomic E-state index is 5.34. The lowest BCUT2D eigenvalue weighted by atomic mass is 10.1. The average molecular weight is 393 g/mol. The molecule has 1 aromatic carbocycles. The van der Waals surface area contributed by atoms with Crippen LogP contribution in [0, 0.1) is 6.92 Å². The first kappa shape index (κ1) is 18.4. The molecule has 0 N–H and O–H groups in total. The zero-order valence-electron chi connectivity index (χ0n) is 17.0. The smallest absolute Gasteiger partial charge is 0.139 e. The molecule has 7 nitrogen and oxygen atoms in total. The van der Waals surface area contributed by atoms with Gasteiger partial charge in [0, 0.05) is 69.4 Å². The second-order valence-corrected chi connectivity index (χ2v) is 8.11. The molecule has 2 saturated heterocycles. The number of piperazine rings is 1. The lowest BCUT2D eigenvalue weighted by molar-refractivity contribution is 0.250. The Hall–Kier alpha value is -2.67. The molecule has 0 amide bonds. The molecule has 0 unspecified atom stereocenters. The van der Waals surface area contributed by atoms with Crippen molar-refractivity contribution in [3.63, 3.8) is 0 Å². The quantitative estimate of drug-likeness (QED) is 0.662. The predicted octanol–water partition coefficient (Wildman–Crippen LogP) is 2.89. The second-order valence-electron chi connectivity index (χ2n) is 8.11. The fraction of sp³-hybridized carbons (Fsp3) is 0.500. The highest BCUT2D eigenvalue weighted by atomic mass is 16.5. The van der Waals surface area contributed by atoms with Crippen molar-refractivity contribution >= 4 is 22.4 Å². The van der Waals surface area contributed by atoms with Crippen LogP contribution < -0.4 is 9.80 Å². The Morgan fingerprint density at radius 1 is 0.931 bits per heavy atom. The Morgan fingerprint density at radius 2 is 1.76 bits per heavy atom. The van der Waals surface area contributed by atoms with Crippen LogP contribution in [0.4, 0.5) is 11.5 Å². The first-order valence-electron chi connectivity index (χ1n) is 10.7. The van der Waals surface area contributed by atoms with Crippen LogP contribution in [0.15, 0.2) is 35.1 Å². The van der Waals surface area contributed by atoms with Crippen LogP contribution in [0.2, 0.25) is 0 Å². The van der Waals surface area contributed by atoms with E-state index in [9.17, 15) is 0 Å². The summed E-state index contributed by atoms with van der Waals surface area (Å²) in [4.78, 5) is 16.5. The Morgan fingerprint density at radius 3 is 2.52 bits per heavy atom. The summed E-state index contributed by atoms with van der Waals surface area (Å²) in [5, 5.41) is 5.15. The molecule has 2 aliphatic rings. The fourth-order valence-electron chi connectivity index (χ4n) is 4.44. The van der Waals surface area contributed by atoms with Gasteiger partial charge in [0.2, 0.25) is 0 Å². The van der Waals surface area contributed by atoms with Gasteiger partial charge in [-0.2, -0.15) is 0 Å². The first-order valence-corrected chi connectivity index (χ1v) is 10.7. The highest BCUT2D eigenvalue weighted by Gasteiger charge is 2.20. The van der Waals surface area contributed by atoms with E-state index in [2.05, 4.69) is 48.0 Å². The van der Waals surface area contributed by atoms with Gasteiger partial charge in [-0.05, 0) is 38.0 Å². The molecule has 2 fully saturated rings. The normalized spacial score (nSPS) is 18.1. The highest BCUT2D eigenvalue weighted by molar-refractivity contribution is 5.92. The van der Waals surface area contributed by atoms with Gasteiger partial charge in [0.05, 0.1) is 11.2 Å². The summed E-state index contributed by atoms with van der Waals surface area (Å²) < 4.78 is 5.34. The molecule has 0 bridgehead atoms. The van der Waals surface area contributed by atoms with E-state index in [0.717, 1.165) is 75.0 Å². The van der Waals surface area contributed by atoms with E-state index < -0.39 is 0 Å². The molecule has 5 rings (SSSR count). The molecule has 4 heterocycles. The molecule has 0 aliphatic carbocycles. The molecule has 0 atom stereocenters. The van der Waals surface area contributed by atoms with Gasteiger partial charge in [0.15, 0.2) is 0 Å². The summed E-state index contributed by atoms with van der Waals surface area (Å²) in [5.41, 5.74) is 3.27. The SMILES string of the molecule is Cc1cc(CCN2CCN(c3ccc4ncnc(N5CCCC5)c4c3)CC2)on1. The Balaban J connectivity index is 1.26. The van der Waals surface area contributed by atoms with Gasteiger partial charge in [-0.1, -0.05) is 5.16 Å². The van der Waals surface area contributed by atoms with Crippen molar-refractivity contribution in [1.29, 1.82) is 0 Å². The number of hydrogen-bond donors (Lipinski definition) is 0. The molecule has 0 radical (unpaired) electrons. The molecule has 29 heavy (non-hydrogen) atoms. The van der Waals surface area contributed by atoms with Gasteiger partial charge in [-0.25, -0.2) is 9.97 Å². The van der Waals surface area contributed by atoms with Gasteiger partial charge in [-0.3, -0.25) is 4.90 Å². The van der Waals surface area contributed by atoms with Gasteiger partial charge in [0.25, 0.3) is 0 Å². The van der Waals surface area contributed by atoms with Crippen molar-refractivity contribution in [2.45, 2.75) is 26.2 Å². The lowest BCUT2D eigenvalue weighted by Gasteiger charge is -2.36. The number of fused-ring (bicyclic) bond motifs is 1. The van der Waals surface area contributed by atoms with E-state index in [1.165, 1.54) is 23.9 Å². The Kier molecular flexibility index (Phi) is 5.06. The van der Waals surface area contributed by atoms with Crippen molar-refractivity contribution < 1.29 is 4.52 Å². The summed E-state index contributed by atoms with van der Waals surface area (Å²) in [6.07, 6.45) is 5.12. The molecule has 3 aromatic rings. The molecule has 152 valence electrons. The maximum Gasteiger partial charge on any atom is 0.139 e. The minimum atomic E-state index is 0.924. The van der Waals surface area contributed by atoms with E-state index in [4.69, 9.17) is 4.52 Å². The molecular weight excluding hydrogens is 364 g/mol. The molecule has 0 spiro atoms. The summed E-state index contributed by atoms with van der Waals surface area (Å²) in [7, 11) is 0. The number of benzene rings is 1. The Bertz CT molecular complexity index is 972. The van der Waals surface area contributed by atoms with Gasteiger partial charge >= 0.3 is 0 Å². The van der Waals surface area contributed by atoms with Crippen LogP contribution in [0.5, 0.6) is 0 Å². The molecule has 0 saturated carbocycles. The van der Waals surface area contributed by atoms with E-state index in [0.29, 0.717) is 0 Å². The minimum absolute atomic E-state index is 0.924. The van der Waals surface area contributed by atoms with Crippen molar-refractivity contribution in [1.82, 2.24) is 20.0 Å². The Labute approximate surface area is 171 Å². The van der Waals surface area contributed by atoms with E-state index in [-0.39, 0.29) is 0 Å². The number of aryl methyl sites for hydroxylation is 1. The van der Waals surface area contributed by atoms with Gasteiger partial charge in [-0.15, -0.1) is 0 Å². The second kappa shape index (κ2) is 7.99. The number of anilines is 2. The minimum Gasteiger partial charge on any atom is -0.369 e. The van der Waals surface area contributed by atoms with Gasteiger partial charge < -0.3 is 14.3 Å². The van der Waals surface area contributed by atoms with Crippen LogP contribution in [0.25, 0.3) is 10.9 Å². The fourth-order valence-corrected chi connectivity index (χ4v) is 4.44. The number of nitrogens with zero attached hydrogens (tertiary/aromatic N) is 6. The summed E-state index contributed by atoms with van der Waals surface area (Å²) in [6.45, 7) is 9.38. The van der Waals surface area contributed by atoms with Crippen molar-refractivity contribution in [3.8, 4) is 0 Å². The zero-order chi connectivity index (χ0) is 19.6. The third-order valence-electron chi connectivity index (χ3n) is 6.09. The van der Waals surface area contributed by atoms with Crippen molar-refractivity contribution in [2.75, 3.05) is 55.6 Å². The first-order chi connectivity index (χ1) is 14.3. The third-order valence-corrected chi connectivity index (χ3v) is 6.09. The molecular formula is C22H28N6O. The van der Waals surface area contributed by atoms with Crippen LogP contribution in [0.1, 0.15) is 24.3 Å². The molecule has 2 aromatic heterocycles. The maximum absolute atomic E-state index is 5.34. The number of aromatic nitrogens is 3. The predicted molar refractivity (Wildman–Crippen MR) is 115 cm³/mol. The van der Waals surface area contributed by atoms with Crippen LogP contribution >= 0.6 is 0 Å². The summed E-state index contributed by atoms with van der Waals surface area (Å²) in [6, 6.07) is 8.67. The number of rotatable bonds is 5. The third kappa shape index (κ3) is 3.92. The highest BCUT2D eigenvalue weighted by Crippen LogP contribution is 2.30. The van der Waals surface area contributed by atoms with Crippen molar-refractivity contribution in [2.24, 2.45) is 0 Å². The van der Waals surface area contributed by atoms with Gasteiger partial charge in [0.1, 0.15) is 17.9 Å². The molecule has 2 aliphatic heterocycles. The van der Waals surface area contributed by atoms with E-state index in [1.807, 2.05) is 13.0 Å². The number of hydrogen-bond acceptors (Lipinski definition) is 7. The standard InChI is InChI=1S/C22H28N6O/c1-17-14-19(29-25-17)6-9-26-10-12-27(13-11-26)18-4-5-21-20(15-18)22(24-16-23-21)28-7-2-3-8-28/h4-5,14-16H,2-3,6-13H2,1H3. The monoisotopic (exact) mass is 392 g/mol. The van der Waals surface area contributed by atoms with Crippen LogP contribution in [0.3, 0.4) is 0 Å². The molecule has 7 heteroatoms. The van der Waals surface area contributed by atoms with Crippen molar-refractivity contribution in [3.05, 3.63) is 42.0 Å². The van der Waals surface area contributed by atoms with Crippen LogP contribution in [-0.2, 0) is 6.42 Å². The van der Waals surface area contributed by atoms with E-state index in [1.54, 1.807) is 6.33 Å². The largest absolute Gasteiger partial charge is 0.369 e. The lowest BCUT2D eigenvalue weighted by Crippen LogP contribution is -2.47.